The predicted octanol–water partition coefficient (Wildman–Crippen LogP) is 1.12. The number of carbonyl (C=O) groups excluding carboxylic acids is 1. The van der Waals surface area contributed by atoms with Crippen molar-refractivity contribution in [2.75, 3.05) is 26.2 Å². The van der Waals surface area contributed by atoms with Gasteiger partial charge in [0.05, 0.1) is 17.2 Å². The van der Waals surface area contributed by atoms with Crippen molar-refractivity contribution in [1.29, 1.82) is 0 Å². The first kappa shape index (κ1) is 17.4. The maximum Gasteiger partial charge on any atom is 0.237 e. The zero-order valence-electron chi connectivity index (χ0n) is 13.7. The predicted molar refractivity (Wildman–Crippen MR) is 81.6 cm³/mol. The minimum Gasteiger partial charge on any atom is -0.370 e. The Hall–Kier alpha value is -0.650. The van der Waals surface area contributed by atoms with Crippen molar-refractivity contribution in [2.45, 2.75) is 64.7 Å². The van der Waals surface area contributed by atoms with Gasteiger partial charge < -0.3 is 15.8 Å². The van der Waals surface area contributed by atoms with Crippen molar-refractivity contribution in [3.8, 4) is 0 Å². The number of rotatable bonds is 7. The van der Waals surface area contributed by atoms with Crippen LogP contribution >= 0.6 is 0 Å². The minimum absolute atomic E-state index is 0.0909. The van der Waals surface area contributed by atoms with Crippen LogP contribution in [0.5, 0.6) is 0 Å². The van der Waals surface area contributed by atoms with Crippen LogP contribution in [0.1, 0.15) is 47.5 Å². The average molecular weight is 285 g/mol. The molecular weight excluding hydrogens is 254 g/mol. The van der Waals surface area contributed by atoms with Gasteiger partial charge in [0.2, 0.25) is 5.91 Å². The minimum atomic E-state index is -0.595. The molecule has 0 saturated carbocycles. The Bertz CT molecular complexity index is 333. The molecule has 20 heavy (non-hydrogen) atoms. The van der Waals surface area contributed by atoms with Crippen LogP contribution in [-0.4, -0.2) is 54.2 Å². The molecule has 1 fully saturated rings. The fourth-order valence-corrected chi connectivity index (χ4v) is 3.10. The zero-order chi connectivity index (χ0) is 15.4. The van der Waals surface area contributed by atoms with Gasteiger partial charge >= 0.3 is 0 Å². The standard InChI is InChI=1S/C15H31N3O2/c1-6-17-15(5,13(16)19)8-7-9-18-10-12(2)20-14(3,4)11-18/h12,17H,6-11H2,1-5H3,(H2,16,19). The molecule has 3 N–H and O–H groups in total. The lowest BCUT2D eigenvalue weighted by Gasteiger charge is -2.42. The van der Waals surface area contributed by atoms with Gasteiger partial charge in [0.1, 0.15) is 0 Å². The van der Waals surface area contributed by atoms with E-state index in [2.05, 4.69) is 31.0 Å². The van der Waals surface area contributed by atoms with Gasteiger partial charge in [-0.3, -0.25) is 9.69 Å². The van der Waals surface area contributed by atoms with E-state index in [9.17, 15) is 4.79 Å². The van der Waals surface area contributed by atoms with Crippen LogP contribution in [-0.2, 0) is 9.53 Å². The van der Waals surface area contributed by atoms with Crippen molar-refractivity contribution in [3.05, 3.63) is 0 Å². The first-order chi connectivity index (χ1) is 9.18. The highest BCUT2D eigenvalue weighted by Gasteiger charge is 2.32. The summed E-state index contributed by atoms with van der Waals surface area (Å²) in [6.45, 7) is 13.9. The molecule has 1 aliphatic rings. The third-order valence-corrected chi connectivity index (χ3v) is 3.90. The van der Waals surface area contributed by atoms with Crippen LogP contribution in [0.15, 0.2) is 0 Å². The molecule has 1 amide bonds. The molecule has 0 radical (unpaired) electrons. The number of likely N-dealkylation sites (N-methyl/N-ethyl adjacent to an activating group) is 1. The number of morpholine rings is 1. The summed E-state index contributed by atoms with van der Waals surface area (Å²) in [4.78, 5) is 14.0. The second-order valence-electron chi connectivity index (χ2n) is 6.75. The van der Waals surface area contributed by atoms with Crippen molar-refractivity contribution in [1.82, 2.24) is 10.2 Å². The molecule has 2 unspecified atom stereocenters. The summed E-state index contributed by atoms with van der Waals surface area (Å²) < 4.78 is 5.90. The summed E-state index contributed by atoms with van der Waals surface area (Å²) in [6, 6.07) is 0. The lowest BCUT2D eigenvalue weighted by molar-refractivity contribution is -0.130. The normalized spacial score (nSPS) is 26.1. The Labute approximate surface area is 123 Å². The molecule has 5 nitrogen and oxygen atoms in total. The molecule has 0 bridgehead atoms. The number of hydrogen-bond donors (Lipinski definition) is 2. The highest BCUT2D eigenvalue weighted by atomic mass is 16.5. The van der Waals surface area contributed by atoms with Gasteiger partial charge in [0.25, 0.3) is 0 Å². The summed E-state index contributed by atoms with van der Waals surface area (Å²) in [5.41, 5.74) is 4.82. The van der Waals surface area contributed by atoms with Crippen molar-refractivity contribution >= 4 is 5.91 Å². The van der Waals surface area contributed by atoms with Crippen LogP contribution in [0.2, 0.25) is 0 Å². The Morgan fingerprint density at radius 1 is 1.55 bits per heavy atom. The van der Waals surface area contributed by atoms with Crippen LogP contribution in [0.4, 0.5) is 0 Å². The van der Waals surface area contributed by atoms with Crippen LogP contribution in [0.3, 0.4) is 0 Å². The van der Waals surface area contributed by atoms with E-state index in [1.165, 1.54) is 0 Å². The van der Waals surface area contributed by atoms with Gasteiger partial charge in [-0.1, -0.05) is 6.92 Å². The number of carbonyl (C=O) groups is 1. The van der Waals surface area contributed by atoms with E-state index in [0.717, 1.165) is 39.0 Å². The third kappa shape index (κ3) is 5.04. The third-order valence-electron chi connectivity index (χ3n) is 3.90. The lowest BCUT2D eigenvalue weighted by Crippen LogP contribution is -2.54. The summed E-state index contributed by atoms with van der Waals surface area (Å²) in [5.74, 6) is -0.268. The van der Waals surface area contributed by atoms with Gasteiger partial charge in [-0.15, -0.1) is 0 Å². The molecule has 0 aromatic rings. The van der Waals surface area contributed by atoms with E-state index in [0.29, 0.717) is 0 Å². The van der Waals surface area contributed by atoms with Gasteiger partial charge in [-0.2, -0.15) is 0 Å². The fraction of sp³-hybridized carbons (Fsp3) is 0.933. The topological polar surface area (TPSA) is 67.6 Å². The second kappa shape index (κ2) is 6.87. The molecule has 1 aliphatic heterocycles. The molecule has 0 spiro atoms. The lowest BCUT2D eigenvalue weighted by atomic mass is 9.94. The maximum atomic E-state index is 11.6. The van der Waals surface area contributed by atoms with Crippen molar-refractivity contribution < 1.29 is 9.53 Å². The molecule has 2 atom stereocenters. The second-order valence-corrected chi connectivity index (χ2v) is 6.75. The summed E-state index contributed by atoms with van der Waals surface area (Å²) in [7, 11) is 0. The van der Waals surface area contributed by atoms with Gasteiger partial charge in [0, 0.05) is 13.1 Å². The quantitative estimate of drug-likeness (QED) is 0.735. The van der Waals surface area contributed by atoms with E-state index in [1.54, 1.807) is 0 Å². The van der Waals surface area contributed by atoms with Crippen LogP contribution in [0, 0.1) is 0 Å². The number of amides is 1. The Balaban J connectivity index is 2.45. The first-order valence-corrected chi connectivity index (χ1v) is 7.63. The average Bonchev–Trinajstić information content (AvgIpc) is 2.26. The molecule has 118 valence electrons. The number of hydrogen-bond acceptors (Lipinski definition) is 4. The van der Waals surface area contributed by atoms with Crippen molar-refractivity contribution in [2.24, 2.45) is 5.73 Å². The van der Waals surface area contributed by atoms with E-state index >= 15 is 0 Å². The molecule has 5 heteroatoms. The molecule has 0 aromatic carbocycles. The Morgan fingerprint density at radius 3 is 2.70 bits per heavy atom. The van der Waals surface area contributed by atoms with Crippen LogP contribution in [0.25, 0.3) is 0 Å². The largest absolute Gasteiger partial charge is 0.370 e. The molecular formula is C15H31N3O2. The molecule has 1 heterocycles. The smallest absolute Gasteiger partial charge is 0.237 e. The van der Waals surface area contributed by atoms with Crippen molar-refractivity contribution in [3.63, 3.8) is 0 Å². The monoisotopic (exact) mass is 285 g/mol. The SMILES string of the molecule is CCNC(C)(CCCN1CC(C)OC(C)(C)C1)C(N)=O. The highest BCUT2D eigenvalue weighted by molar-refractivity contribution is 5.84. The first-order valence-electron chi connectivity index (χ1n) is 7.63. The molecule has 0 aromatic heterocycles. The van der Waals surface area contributed by atoms with E-state index < -0.39 is 5.54 Å². The fourth-order valence-electron chi connectivity index (χ4n) is 3.10. The highest BCUT2D eigenvalue weighted by Crippen LogP contribution is 2.21. The number of ether oxygens (including phenoxy) is 1. The zero-order valence-corrected chi connectivity index (χ0v) is 13.7. The molecule has 0 aliphatic carbocycles. The van der Waals surface area contributed by atoms with Gasteiger partial charge in [-0.05, 0) is 53.6 Å². The number of nitrogens with two attached hydrogens (primary N) is 1. The molecule has 1 saturated heterocycles. The number of nitrogens with zero attached hydrogens (tertiary/aromatic N) is 1. The van der Waals surface area contributed by atoms with Gasteiger partial charge in [0.15, 0.2) is 0 Å². The Morgan fingerprint density at radius 2 is 2.20 bits per heavy atom. The number of primary amides is 1. The summed E-state index contributed by atoms with van der Waals surface area (Å²) in [5, 5.41) is 3.20. The van der Waals surface area contributed by atoms with Crippen LogP contribution < -0.4 is 11.1 Å². The van der Waals surface area contributed by atoms with E-state index in [-0.39, 0.29) is 17.6 Å². The Kier molecular flexibility index (Phi) is 5.98. The summed E-state index contributed by atoms with van der Waals surface area (Å²) in [6.07, 6.45) is 1.98. The van der Waals surface area contributed by atoms with Gasteiger partial charge in [-0.25, -0.2) is 0 Å². The van der Waals surface area contributed by atoms with E-state index in [4.69, 9.17) is 10.5 Å². The maximum absolute atomic E-state index is 11.6. The number of nitrogens with one attached hydrogen (secondary N) is 1. The summed E-state index contributed by atoms with van der Waals surface area (Å²) >= 11 is 0. The van der Waals surface area contributed by atoms with E-state index in [1.807, 2.05) is 13.8 Å². The molecule has 1 rings (SSSR count).